The normalized spacial score (nSPS) is 22.3. The van der Waals surface area contributed by atoms with Crippen LogP contribution < -0.4 is 16.0 Å². The van der Waals surface area contributed by atoms with Gasteiger partial charge >= 0.3 is 0 Å². The highest BCUT2D eigenvalue weighted by molar-refractivity contribution is 5.77. The molecule has 0 aromatic heterocycles. The van der Waals surface area contributed by atoms with Crippen LogP contribution in [0.4, 0.5) is 0 Å². The van der Waals surface area contributed by atoms with Gasteiger partial charge < -0.3 is 16.0 Å². The molecule has 5 heteroatoms. The molecule has 0 aliphatic carbocycles. The molecule has 0 radical (unpaired) electrons. The Morgan fingerprint density at radius 3 is 2.39 bits per heavy atom. The molecule has 0 unspecified atom stereocenters. The summed E-state index contributed by atoms with van der Waals surface area (Å²) in [6, 6.07) is 8.36. The fourth-order valence-corrected chi connectivity index (χ4v) is 3.18. The molecule has 0 bridgehead atoms. The summed E-state index contributed by atoms with van der Waals surface area (Å²) in [5.41, 5.74) is 7.71. The number of nitrogens with one attached hydrogen (secondary N) is 2. The van der Waals surface area contributed by atoms with Gasteiger partial charge in [0.2, 0.25) is 5.91 Å². The molecular formula is C18H28N3O2+. The highest BCUT2D eigenvalue weighted by Gasteiger charge is 2.27. The fourth-order valence-electron chi connectivity index (χ4n) is 3.18. The number of nitrogens with two attached hydrogens (primary N) is 1. The highest BCUT2D eigenvalue weighted by atomic mass is 16.2. The maximum absolute atomic E-state index is 12.3. The van der Waals surface area contributed by atoms with Crippen molar-refractivity contribution in [3.05, 3.63) is 35.4 Å². The smallest absolute Gasteiger partial charge is 0.275 e. The summed E-state index contributed by atoms with van der Waals surface area (Å²) in [7, 11) is 0. The number of aryl methyl sites for hydroxylation is 1. The predicted octanol–water partition coefficient (Wildman–Crippen LogP) is 0.343. The average Bonchev–Trinajstić information content (AvgIpc) is 2.54. The Morgan fingerprint density at radius 1 is 1.26 bits per heavy atom. The summed E-state index contributed by atoms with van der Waals surface area (Å²) < 4.78 is 0. The van der Waals surface area contributed by atoms with Crippen LogP contribution in [-0.4, -0.2) is 31.4 Å². The number of piperidine rings is 1. The quantitative estimate of drug-likeness (QED) is 0.707. The second kappa shape index (κ2) is 8.11. The van der Waals surface area contributed by atoms with E-state index < -0.39 is 0 Å². The topological polar surface area (TPSA) is 76.6 Å². The molecule has 1 aromatic carbocycles. The van der Waals surface area contributed by atoms with Crippen molar-refractivity contribution >= 4 is 11.8 Å². The van der Waals surface area contributed by atoms with E-state index >= 15 is 0 Å². The first-order chi connectivity index (χ1) is 11.0. The van der Waals surface area contributed by atoms with E-state index in [2.05, 4.69) is 43.4 Å². The van der Waals surface area contributed by atoms with Gasteiger partial charge in [0.15, 0.2) is 6.54 Å². The monoisotopic (exact) mass is 318 g/mol. The Kier molecular flexibility index (Phi) is 6.16. The zero-order chi connectivity index (χ0) is 16.8. The van der Waals surface area contributed by atoms with Gasteiger partial charge in [-0.3, -0.25) is 9.59 Å². The van der Waals surface area contributed by atoms with Crippen LogP contribution in [0.2, 0.25) is 0 Å². The molecule has 1 aliphatic rings. The van der Waals surface area contributed by atoms with Gasteiger partial charge in [-0.05, 0) is 18.9 Å². The van der Waals surface area contributed by atoms with Gasteiger partial charge in [-0.1, -0.05) is 36.8 Å². The van der Waals surface area contributed by atoms with Crippen LogP contribution in [0, 0.1) is 12.8 Å². The lowest BCUT2D eigenvalue weighted by Gasteiger charge is -2.28. The molecule has 2 amide bonds. The van der Waals surface area contributed by atoms with Crippen LogP contribution in [0.15, 0.2) is 24.3 Å². The van der Waals surface area contributed by atoms with E-state index in [-0.39, 0.29) is 23.8 Å². The lowest BCUT2D eigenvalue weighted by atomic mass is 9.96. The van der Waals surface area contributed by atoms with Crippen molar-refractivity contribution in [3.63, 3.8) is 0 Å². The summed E-state index contributed by atoms with van der Waals surface area (Å²) in [6.45, 7) is 6.27. The highest BCUT2D eigenvalue weighted by Crippen LogP contribution is 2.16. The number of likely N-dealkylation sites (tertiary alicyclic amines) is 1. The number of benzene rings is 1. The number of rotatable bonds is 6. The molecule has 23 heavy (non-hydrogen) atoms. The molecule has 1 aromatic rings. The van der Waals surface area contributed by atoms with Gasteiger partial charge in [0.05, 0.1) is 19.1 Å². The third kappa shape index (κ3) is 5.06. The van der Waals surface area contributed by atoms with Gasteiger partial charge in [0.1, 0.15) is 0 Å². The number of carbonyl (C=O) groups excluding carboxylic acids is 2. The predicted molar refractivity (Wildman–Crippen MR) is 89.8 cm³/mol. The lowest BCUT2D eigenvalue weighted by molar-refractivity contribution is -0.897. The average molecular weight is 318 g/mol. The number of hydrogen-bond donors (Lipinski definition) is 3. The van der Waals surface area contributed by atoms with Gasteiger partial charge in [-0.15, -0.1) is 0 Å². The molecule has 5 nitrogen and oxygen atoms in total. The van der Waals surface area contributed by atoms with E-state index in [1.54, 1.807) is 0 Å². The Balaban J connectivity index is 1.84. The van der Waals surface area contributed by atoms with E-state index in [0.717, 1.165) is 37.9 Å². The second-order valence-corrected chi connectivity index (χ2v) is 6.54. The zero-order valence-electron chi connectivity index (χ0n) is 14.1. The zero-order valence-corrected chi connectivity index (χ0v) is 14.1. The van der Waals surface area contributed by atoms with Gasteiger partial charge in [-0.2, -0.15) is 0 Å². The van der Waals surface area contributed by atoms with Crippen LogP contribution in [0.3, 0.4) is 0 Å². The number of carbonyl (C=O) groups is 2. The standard InChI is InChI=1S/C18H27N3O2/c1-3-16(14-6-4-13(2)5-7-14)20-17(22)12-21-10-8-15(9-11-21)18(19)23/h4-7,15-16H,3,8-12H2,1-2H3,(H2,19,23)(H,20,22)/p+1/t16-/m0/s1. The summed E-state index contributed by atoms with van der Waals surface area (Å²) in [6.07, 6.45) is 2.44. The van der Waals surface area contributed by atoms with E-state index in [9.17, 15) is 9.59 Å². The Labute approximate surface area is 138 Å². The molecule has 1 fully saturated rings. The maximum Gasteiger partial charge on any atom is 0.275 e. The largest absolute Gasteiger partial charge is 0.369 e. The molecular weight excluding hydrogens is 290 g/mol. The minimum absolute atomic E-state index is 0.0160. The number of quaternary nitrogens is 1. The van der Waals surface area contributed by atoms with Crippen molar-refractivity contribution in [2.75, 3.05) is 19.6 Å². The third-order valence-electron chi connectivity index (χ3n) is 4.73. The van der Waals surface area contributed by atoms with Gasteiger partial charge in [0, 0.05) is 18.8 Å². The SMILES string of the molecule is CC[C@H](NC(=O)C[NH+]1CCC(C(N)=O)CC1)c1ccc(C)cc1. The molecule has 126 valence electrons. The Hall–Kier alpha value is -1.88. The fraction of sp³-hybridized carbons (Fsp3) is 0.556. The molecule has 1 heterocycles. The van der Waals surface area contributed by atoms with Crippen LogP contribution in [0.1, 0.15) is 43.4 Å². The molecule has 1 aliphatic heterocycles. The first-order valence-electron chi connectivity index (χ1n) is 8.48. The number of hydrogen-bond acceptors (Lipinski definition) is 2. The molecule has 1 atom stereocenters. The molecule has 2 rings (SSSR count). The van der Waals surface area contributed by atoms with Crippen LogP contribution in [0.25, 0.3) is 0 Å². The summed E-state index contributed by atoms with van der Waals surface area (Å²) in [5, 5.41) is 3.13. The summed E-state index contributed by atoms with van der Waals surface area (Å²) >= 11 is 0. The summed E-state index contributed by atoms with van der Waals surface area (Å²) in [5.74, 6) is -0.151. The van der Waals surface area contributed by atoms with E-state index in [4.69, 9.17) is 5.73 Å². The third-order valence-corrected chi connectivity index (χ3v) is 4.73. The first kappa shape index (κ1) is 17.5. The van der Waals surface area contributed by atoms with E-state index in [1.807, 2.05) is 0 Å². The van der Waals surface area contributed by atoms with Crippen LogP contribution in [-0.2, 0) is 9.59 Å². The number of primary amides is 1. The minimum atomic E-state index is -0.209. The summed E-state index contributed by atoms with van der Waals surface area (Å²) in [4.78, 5) is 24.7. The van der Waals surface area contributed by atoms with E-state index in [1.165, 1.54) is 10.5 Å². The van der Waals surface area contributed by atoms with Gasteiger partial charge in [-0.25, -0.2) is 0 Å². The Bertz CT molecular complexity index is 534. The number of amides is 2. The van der Waals surface area contributed by atoms with E-state index in [0.29, 0.717) is 6.54 Å². The van der Waals surface area contributed by atoms with Crippen molar-refractivity contribution in [1.82, 2.24) is 5.32 Å². The van der Waals surface area contributed by atoms with Crippen molar-refractivity contribution in [2.45, 2.75) is 39.2 Å². The first-order valence-corrected chi connectivity index (χ1v) is 8.48. The van der Waals surface area contributed by atoms with Crippen molar-refractivity contribution < 1.29 is 14.5 Å². The maximum atomic E-state index is 12.3. The Morgan fingerprint density at radius 2 is 1.87 bits per heavy atom. The minimum Gasteiger partial charge on any atom is -0.369 e. The van der Waals surface area contributed by atoms with Crippen molar-refractivity contribution in [1.29, 1.82) is 0 Å². The molecule has 0 spiro atoms. The van der Waals surface area contributed by atoms with Crippen LogP contribution >= 0.6 is 0 Å². The van der Waals surface area contributed by atoms with Crippen molar-refractivity contribution in [3.8, 4) is 0 Å². The second-order valence-electron chi connectivity index (χ2n) is 6.54. The molecule has 0 saturated carbocycles. The molecule has 4 N–H and O–H groups in total. The van der Waals surface area contributed by atoms with Crippen LogP contribution in [0.5, 0.6) is 0 Å². The van der Waals surface area contributed by atoms with Gasteiger partial charge in [0.25, 0.3) is 5.91 Å². The molecule has 1 saturated heterocycles. The lowest BCUT2D eigenvalue weighted by Crippen LogP contribution is -3.14. The van der Waals surface area contributed by atoms with Crippen molar-refractivity contribution in [2.24, 2.45) is 11.7 Å².